The van der Waals surface area contributed by atoms with Crippen LogP contribution in [0.4, 0.5) is 0 Å². The second-order valence-electron chi connectivity index (χ2n) is 4.04. The van der Waals surface area contributed by atoms with Crippen molar-refractivity contribution in [2.45, 2.75) is 26.2 Å². The van der Waals surface area contributed by atoms with Gasteiger partial charge >= 0.3 is 0 Å². The second-order valence-corrected chi connectivity index (χ2v) is 11.6. The van der Waals surface area contributed by atoms with E-state index >= 15 is 0 Å². The molecule has 0 spiro atoms. The smallest absolute Gasteiger partial charge is 0.126 e. The predicted octanol–water partition coefficient (Wildman–Crippen LogP) is 1.83. The zero-order chi connectivity index (χ0) is 11.2. The van der Waals surface area contributed by atoms with Crippen molar-refractivity contribution in [2.75, 3.05) is 0 Å². The van der Waals surface area contributed by atoms with Gasteiger partial charge in [0.25, 0.3) is 0 Å². The Hall–Kier alpha value is -1.33. The Kier molecular flexibility index (Phi) is 4.33. The second kappa shape index (κ2) is 4.78. The van der Waals surface area contributed by atoms with Gasteiger partial charge < -0.3 is 0 Å². The zero-order valence-electron chi connectivity index (χ0n) is 9.15. The first kappa shape index (κ1) is 12.7. The molecule has 0 aromatic heterocycles. The molecule has 0 saturated carbocycles. The van der Waals surface area contributed by atoms with Crippen LogP contribution < -0.4 is 0 Å². The maximum Gasteiger partial charge on any atom is 0.211 e. The highest BCUT2D eigenvalue weighted by Gasteiger charge is 2.13. The normalized spacial score (nSPS) is 9.57. The molecule has 0 atom stereocenters. The molecule has 0 heterocycles. The molecule has 14 heavy (non-hydrogen) atoms. The van der Waals surface area contributed by atoms with Crippen molar-refractivity contribution in [2.24, 2.45) is 0 Å². The van der Waals surface area contributed by atoms with Gasteiger partial charge in [0, 0.05) is 0 Å². The Morgan fingerprint density at radius 3 is 1.21 bits per heavy atom. The van der Waals surface area contributed by atoms with E-state index in [0.29, 0.717) is 0 Å². The van der Waals surface area contributed by atoms with Crippen LogP contribution in [0, 0.1) is 46.9 Å². The van der Waals surface area contributed by atoms with Crippen LogP contribution >= 0.6 is 0 Å². The molecule has 0 nitrogen and oxygen atoms in total. The van der Waals surface area contributed by atoms with Gasteiger partial charge in [-0.25, -0.2) is 0 Å². The van der Waals surface area contributed by atoms with Crippen LogP contribution in [0.15, 0.2) is 0 Å². The molecule has 0 aliphatic carbocycles. The molecule has 0 N–H and O–H groups in total. The molecule has 2 heteroatoms. The van der Waals surface area contributed by atoms with Crippen LogP contribution in [-0.4, -0.2) is 16.1 Å². The fourth-order valence-corrected chi connectivity index (χ4v) is 1.34. The summed E-state index contributed by atoms with van der Waals surface area (Å²) in [4.78, 5) is 0. The molecular formula is C12H14Si2. The minimum Gasteiger partial charge on any atom is -0.126 e. The first-order valence-electron chi connectivity index (χ1n) is 4.33. The fourth-order valence-electron chi connectivity index (χ4n) is 0.447. The topological polar surface area (TPSA) is 0 Å². The van der Waals surface area contributed by atoms with Crippen molar-refractivity contribution in [3.8, 4) is 46.9 Å². The lowest BCUT2D eigenvalue weighted by atomic mass is 10.7. The van der Waals surface area contributed by atoms with E-state index in [1.54, 1.807) is 0 Å². The lowest BCUT2D eigenvalue weighted by Gasteiger charge is -2.02. The summed E-state index contributed by atoms with van der Waals surface area (Å²) in [6.45, 7) is 8.08. The summed E-state index contributed by atoms with van der Waals surface area (Å²) in [5.41, 5.74) is 11.5. The van der Waals surface area contributed by atoms with Crippen LogP contribution in [0.25, 0.3) is 0 Å². The van der Waals surface area contributed by atoms with E-state index in [2.05, 4.69) is 34.0 Å². The first-order chi connectivity index (χ1) is 6.33. The van der Waals surface area contributed by atoms with Crippen molar-refractivity contribution in [1.82, 2.24) is 0 Å². The zero-order valence-corrected chi connectivity index (χ0v) is 11.2. The molecule has 0 unspecified atom stereocenters. The van der Waals surface area contributed by atoms with Crippen LogP contribution in [0.5, 0.6) is 0 Å². The molecule has 0 radical (unpaired) electrons. The van der Waals surface area contributed by atoms with Crippen molar-refractivity contribution >= 4 is 16.1 Å². The van der Waals surface area contributed by atoms with Crippen molar-refractivity contribution in [3.63, 3.8) is 0 Å². The van der Waals surface area contributed by atoms with Gasteiger partial charge in [-0.2, -0.15) is 0 Å². The summed E-state index contributed by atoms with van der Waals surface area (Å²) >= 11 is 0. The molecule has 70 valence electrons. The van der Waals surface area contributed by atoms with E-state index in [4.69, 9.17) is 12.8 Å². The van der Waals surface area contributed by atoms with Gasteiger partial charge in [-0.3, -0.25) is 0 Å². The standard InChI is InChI=1S/C12H14Si2/c1-7-13(3,4)11-9-10-12-14(5,6)8-2/h1-2H,3-6H3. The molecule has 0 aromatic carbocycles. The summed E-state index contributed by atoms with van der Waals surface area (Å²) < 4.78 is 0. The van der Waals surface area contributed by atoms with Crippen LogP contribution in [0.3, 0.4) is 0 Å². The molecule has 0 aliphatic heterocycles. The maximum absolute atomic E-state index is 5.34. The predicted molar refractivity (Wildman–Crippen MR) is 68.2 cm³/mol. The molecule has 0 rings (SSSR count). The third-order valence-electron chi connectivity index (χ3n) is 1.53. The summed E-state index contributed by atoms with van der Waals surface area (Å²) in [6, 6.07) is 0. The fraction of sp³-hybridized carbons (Fsp3) is 0.333. The molecule has 0 aromatic rings. The largest absolute Gasteiger partial charge is 0.211 e. The Bertz CT molecular complexity index is 364. The third-order valence-corrected chi connectivity index (χ3v) is 4.48. The molecule has 0 fully saturated rings. The van der Waals surface area contributed by atoms with Crippen LogP contribution in [-0.2, 0) is 0 Å². The van der Waals surface area contributed by atoms with Gasteiger partial charge in [-0.05, 0) is 38.0 Å². The van der Waals surface area contributed by atoms with Crippen molar-refractivity contribution in [1.29, 1.82) is 0 Å². The molecular weight excluding hydrogens is 200 g/mol. The lowest BCUT2D eigenvalue weighted by Crippen LogP contribution is -2.21. The number of rotatable bonds is 0. The molecule has 0 aliphatic rings. The third kappa shape index (κ3) is 5.34. The maximum atomic E-state index is 5.34. The Morgan fingerprint density at radius 1 is 0.714 bits per heavy atom. The van der Waals surface area contributed by atoms with E-state index in [1.165, 1.54) is 0 Å². The Morgan fingerprint density at radius 2 is 1.00 bits per heavy atom. The number of hydrogen-bond acceptors (Lipinski definition) is 0. The number of terminal acetylenes is 2. The highest BCUT2D eigenvalue weighted by atomic mass is 28.3. The quantitative estimate of drug-likeness (QED) is 0.426. The summed E-state index contributed by atoms with van der Waals surface area (Å²) in [5.74, 6) is 5.63. The van der Waals surface area contributed by atoms with Gasteiger partial charge in [0.2, 0.25) is 16.1 Å². The van der Waals surface area contributed by atoms with E-state index in [0.717, 1.165) is 0 Å². The van der Waals surface area contributed by atoms with Gasteiger partial charge in [-0.15, -0.1) is 35.0 Å². The van der Waals surface area contributed by atoms with Gasteiger partial charge in [-0.1, -0.05) is 0 Å². The lowest BCUT2D eigenvalue weighted by molar-refractivity contribution is 1.93. The van der Waals surface area contributed by atoms with Crippen LogP contribution in [0.1, 0.15) is 0 Å². The highest BCUT2D eigenvalue weighted by molar-refractivity contribution is 6.92. The average molecular weight is 214 g/mol. The molecule has 0 saturated heterocycles. The molecule has 0 bridgehead atoms. The summed E-state index contributed by atoms with van der Waals surface area (Å²) in [7, 11) is -3.51. The van der Waals surface area contributed by atoms with Crippen LogP contribution in [0.2, 0.25) is 26.2 Å². The highest BCUT2D eigenvalue weighted by Crippen LogP contribution is 1.96. The van der Waals surface area contributed by atoms with E-state index in [9.17, 15) is 0 Å². The monoisotopic (exact) mass is 214 g/mol. The first-order valence-corrected chi connectivity index (χ1v) is 10.3. The van der Waals surface area contributed by atoms with Crippen molar-refractivity contribution < 1.29 is 0 Å². The van der Waals surface area contributed by atoms with E-state index in [-0.39, 0.29) is 0 Å². The Balaban J connectivity index is 4.64. The average Bonchev–Trinajstić information content (AvgIpc) is 2.13. The SMILES string of the molecule is C#C[Si](C)(C)C#CC#C[Si](C)(C)C#C. The minimum atomic E-state index is -1.76. The van der Waals surface area contributed by atoms with Gasteiger partial charge in [0.05, 0.1) is 0 Å². The minimum absolute atomic E-state index is 1.76. The molecule has 0 amide bonds. The number of hydrogen-bond donors (Lipinski definition) is 0. The van der Waals surface area contributed by atoms with Gasteiger partial charge in [0.1, 0.15) is 0 Å². The van der Waals surface area contributed by atoms with E-state index < -0.39 is 16.1 Å². The Labute approximate surface area is 89.5 Å². The van der Waals surface area contributed by atoms with E-state index in [1.807, 2.05) is 26.2 Å². The van der Waals surface area contributed by atoms with Crippen molar-refractivity contribution in [3.05, 3.63) is 0 Å². The van der Waals surface area contributed by atoms with Gasteiger partial charge in [0.15, 0.2) is 0 Å². The summed E-state index contributed by atoms with van der Waals surface area (Å²) in [5, 5.41) is 0. The summed E-state index contributed by atoms with van der Waals surface area (Å²) in [6.07, 6.45) is 10.7.